The van der Waals surface area contributed by atoms with E-state index in [0.29, 0.717) is 12.2 Å². The van der Waals surface area contributed by atoms with Crippen LogP contribution < -0.4 is 5.32 Å². The molecule has 2 N–H and O–H groups in total. The summed E-state index contributed by atoms with van der Waals surface area (Å²) in [6.45, 7) is 6.91. The van der Waals surface area contributed by atoms with Gasteiger partial charge in [-0.15, -0.1) is 0 Å². The molecule has 0 heterocycles. The molecule has 0 saturated heterocycles. The minimum atomic E-state index is -0.0560. The molecule has 0 spiro atoms. The van der Waals surface area contributed by atoms with Gasteiger partial charge >= 0.3 is 0 Å². The van der Waals surface area contributed by atoms with Gasteiger partial charge in [0.15, 0.2) is 0 Å². The minimum absolute atomic E-state index is 0.0373. The second kappa shape index (κ2) is 5.83. The van der Waals surface area contributed by atoms with Crippen molar-refractivity contribution in [3.8, 4) is 5.75 Å². The lowest BCUT2D eigenvalue weighted by Crippen LogP contribution is -2.62. The van der Waals surface area contributed by atoms with Gasteiger partial charge in [-0.25, -0.2) is 0 Å². The first kappa shape index (κ1) is 14.9. The molecule has 20 heavy (non-hydrogen) atoms. The maximum atomic E-state index is 12.1. The highest BCUT2D eigenvalue weighted by atomic mass is 16.5. The Morgan fingerprint density at radius 1 is 1.45 bits per heavy atom. The number of carbonyl (C=O) groups excluding carboxylic acids is 1. The molecule has 0 unspecified atom stereocenters. The van der Waals surface area contributed by atoms with Gasteiger partial charge in [0.25, 0.3) is 0 Å². The molecule has 1 aliphatic rings. The van der Waals surface area contributed by atoms with Crippen molar-refractivity contribution >= 4 is 5.91 Å². The van der Waals surface area contributed by atoms with Crippen molar-refractivity contribution in [3.63, 3.8) is 0 Å². The molecule has 0 bridgehead atoms. The second-order valence-corrected chi connectivity index (χ2v) is 5.93. The minimum Gasteiger partial charge on any atom is -0.508 e. The number of rotatable bonds is 5. The van der Waals surface area contributed by atoms with Crippen LogP contribution in [-0.4, -0.2) is 29.8 Å². The molecule has 1 aromatic carbocycles. The fraction of sp³-hybridized carbons (Fsp3) is 0.562. The van der Waals surface area contributed by atoms with Crippen molar-refractivity contribution in [2.24, 2.45) is 5.41 Å². The molecule has 1 aliphatic carbocycles. The molecular formula is C16H23NO3. The van der Waals surface area contributed by atoms with E-state index in [0.717, 1.165) is 6.42 Å². The van der Waals surface area contributed by atoms with Gasteiger partial charge in [-0.05, 0) is 19.4 Å². The molecule has 0 aromatic heterocycles. The Hall–Kier alpha value is -1.55. The summed E-state index contributed by atoms with van der Waals surface area (Å²) in [5.41, 5.74) is 0.619. The highest BCUT2D eigenvalue weighted by Crippen LogP contribution is 2.42. The van der Waals surface area contributed by atoms with Gasteiger partial charge < -0.3 is 15.2 Å². The van der Waals surface area contributed by atoms with Crippen LogP contribution in [0.25, 0.3) is 0 Å². The average molecular weight is 277 g/mol. The van der Waals surface area contributed by atoms with Gasteiger partial charge in [-0.3, -0.25) is 4.79 Å². The number of phenolic OH excluding ortho intramolecular Hbond substituents is 1. The van der Waals surface area contributed by atoms with Crippen molar-refractivity contribution < 1.29 is 14.6 Å². The van der Waals surface area contributed by atoms with E-state index in [4.69, 9.17) is 4.74 Å². The first-order chi connectivity index (χ1) is 9.45. The summed E-state index contributed by atoms with van der Waals surface area (Å²) in [7, 11) is 0. The number of ether oxygens (including phenoxy) is 1. The number of benzene rings is 1. The summed E-state index contributed by atoms with van der Waals surface area (Å²) in [4.78, 5) is 12.1. The van der Waals surface area contributed by atoms with Crippen LogP contribution in [0.4, 0.5) is 0 Å². The Balaban J connectivity index is 1.89. The lowest BCUT2D eigenvalue weighted by atomic mass is 9.64. The standard InChI is InChI=1S/C16H23NO3/c1-4-20-14-10-13(16(14,2)3)17-15(19)9-11-7-5-6-8-12(11)18/h5-8,13-14,18H,4,9-10H2,1-3H3,(H,17,19)/t13-,14+/m1/s1. The van der Waals surface area contributed by atoms with Gasteiger partial charge in [0.2, 0.25) is 5.91 Å². The van der Waals surface area contributed by atoms with Crippen LogP contribution in [0.2, 0.25) is 0 Å². The summed E-state index contributed by atoms with van der Waals surface area (Å²) < 4.78 is 5.65. The average Bonchev–Trinajstić information content (AvgIpc) is 2.40. The van der Waals surface area contributed by atoms with Crippen LogP contribution in [0, 0.1) is 5.41 Å². The molecule has 4 nitrogen and oxygen atoms in total. The summed E-state index contributed by atoms with van der Waals surface area (Å²) >= 11 is 0. The Morgan fingerprint density at radius 2 is 2.15 bits per heavy atom. The normalized spacial score (nSPS) is 23.9. The van der Waals surface area contributed by atoms with E-state index >= 15 is 0 Å². The lowest BCUT2D eigenvalue weighted by molar-refractivity contribution is -0.136. The smallest absolute Gasteiger partial charge is 0.224 e. The molecule has 1 fully saturated rings. The van der Waals surface area contributed by atoms with E-state index < -0.39 is 0 Å². The predicted octanol–water partition coefficient (Wildman–Crippen LogP) is 2.25. The maximum Gasteiger partial charge on any atom is 0.224 e. The SMILES string of the molecule is CCO[C@H]1C[C@@H](NC(=O)Cc2ccccc2O)C1(C)C. The van der Waals surface area contributed by atoms with Crippen LogP contribution in [0.3, 0.4) is 0 Å². The number of phenols is 1. The maximum absolute atomic E-state index is 12.1. The van der Waals surface area contributed by atoms with E-state index in [9.17, 15) is 9.90 Å². The first-order valence-corrected chi connectivity index (χ1v) is 7.13. The van der Waals surface area contributed by atoms with Gasteiger partial charge in [-0.2, -0.15) is 0 Å². The number of nitrogens with one attached hydrogen (secondary N) is 1. The largest absolute Gasteiger partial charge is 0.508 e. The van der Waals surface area contributed by atoms with Gasteiger partial charge in [0.05, 0.1) is 12.5 Å². The molecule has 110 valence electrons. The molecule has 1 amide bonds. The topological polar surface area (TPSA) is 58.6 Å². The molecule has 0 aliphatic heterocycles. The van der Waals surface area contributed by atoms with Crippen molar-refractivity contribution in [1.29, 1.82) is 0 Å². The zero-order chi connectivity index (χ0) is 14.8. The molecule has 1 aromatic rings. The fourth-order valence-corrected chi connectivity index (χ4v) is 2.69. The Kier molecular flexibility index (Phi) is 4.33. The fourth-order valence-electron chi connectivity index (χ4n) is 2.69. The summed E-state index contributed by atoms with van der Waals surface area (Å²) in [6, 6.07) is 7.07. The van der Waals surface area contributed by atoms with E-state index in [1.807, 2.05) is 13.0 Å². The zero-order valence-corrected chi connectivity index (χ0v) is 12.3. The van der Waals surface area contributed by atoms with Crippen LogP contribution in [-0.2, 0) is 16.0 Å². The number of aromatic hydroxyl groups is 1. The van der Waals surface area contributed by atoms with E-state index in [-0.39, 0.29) is 35.6 Å². The molecule has 1 saturated carbocycles. The van der Waals surface area contributed by atoms with Crippen molar-refractivity contribution in [1.82, 2.24) is 5.32 Å². The first-order valence-electron chi connectivity index (χ1n) is 7.13. The van der Waals surface area contributed by atoms with Crippen molar-refractivity contribution in [3.05, 3.63) is 29.8 Å². The third kappa shape index (κ3) is 2.96. The summed E-state index contributed by atoms with van der Waals surface area (Å²) in [5.74, 6) is 0.113. The molecule has 4 heteroatoms. The van der Waals surface area contributed by atoms with E-state index in [2.05, 4.69) is 19.2 Å². The van der Waals surface area contributed by atoms with Crippen LogP contribution in [0.5, 0.6) is 5.75 Å². The van der Waals surface area contributed by atoms with Gasteiger partial charge in [0.1, 0.15) is 5.75 Å². The Morgan fingerprint density at radius 3 is 2.75 bits per heavy atom. The van der Waals surface area contributed by atoms with E-state index in [1.165, 1.54) is 0 Å². The third-order valence-electron chi connectivity index (χ3n) is 4.22. The number of amides is 1. The lowest BCUT2D eigenvalue weighted by Gasteiger charge is -2.51. The predicted molar refractivity (Wildman–Crippen MR) is 77.6 cm³/mol. The molecular weight excluding hydrogens is 254 g/mol. The second-order valence-electron chi connectivity index (χ2n) is 5.93. The highest BCUT2D eigenvalue weighted by molar-refractivity contribution is 5.79. The van der Waals surface area contributed by atoms with Gasteiger partial charge in [-0.1, -0.05) is 32.0 Å². The monoisotopic (exact) mass is 277 g/mol. The number of para-hydroxylation sites is 1. The van der Waals surface area contributed by atoms with Crippen molar-refractivity contribution in [2.45, 2.75) is 45.8 Å². The zero-order valence-electron chi connectivity index (χ0n) is 12.3. The number of hydrogen-bond acceptors (Lipinski definition) is 3. The summed E-state index contributed by atoms with van der Waals surface area (Å²) in [5, 5.41) is 12.7. The number of carbonyl (C=O) groups is 1. The van der Waals surface area contributed by atoms with Crippen molar-refractivity contribution in [2.75, 3.05) is 6.61 Å². The Bertz CT molecular complexity index is 484. The molecule has 2 atom stereocenters. The molecule has 2 rings (SSSR count). The molecule has 0 radical (unpaired) electrons. The van der Waals surface area contributed by atoms with Crippen LogP contribution in [0.15, 0.2) is 24.3 Å². The quantitative estimate of drug-likeness (QED) is 0.868. The van der Waals surface area contributed by atoms with E-state index in [1.54, 1.807) is 18.2 Å². The Labute approximate surface area is 120 Å². The van der Waals surface area contributed by atoms with Crippen LogP contribution in [0.1, 0.15) is 32.8 Å². The van der Waals surface area contributed by atoms with Gasteiger partial charge in [0, 0.05) is 23.6 Å². The third-order valence-corrected chi connectivity index (χ3v) is 4.22. The number of hydrogen-bond donors (Lipinski definition) is 2. The van der Waals surface area contributed by atoms with Crippen LogP contribution >= 0.6 is 0 Å². The highest BCUT2D eigenvalue weighted by Gasteiger charge is 2.49. The summed E-state index contributed by atoms with van der Waals surface area (Å²) in [6.07, 6.45) is 1.27.